The van der Waals surface area contributed by atoms with Crippen molar-refractivity contribution in [1.82, 2.24) is 29.9 Å². The highest BCUT2D eigenvalue weighted by Gasteiger charge is 2.38. The van der Waals surface area contributed by atoms with E-state index in [0.717, 1.165) is 5.56 Å². The van der Waals surface area contributed by atoms with Crippen molar-refractivity contribution in [3.05, 3.63) is 109 Å². The number of aryl methyl sites for hydroxylation is 1. The molecule has 5 atom stereocenters. The van der Waals surface area contributed by atoms with Gasteiger partial charge < -0.3 is 29.7 Å². The highest BCUT2D eigenvalue weighted by Crippen LogP contribution is 2.36. The van der Waals surface area contributed by atoms with Gasteiger partial charge in [-0.15, -0.1) is 5.10 Å². The SMILES string of the molecule is COC(=O)C(CNCc1cn([C@H]2C[C@H](n3cc(C)c(=O)[nH]c3=O)O[C@@H]2CO)nn1)C(O)c1cc(Cl)ccc1OCc1ccccc1. The summed E-state index contributed by atoms with van der Waals surface area (Å²) >= 11 is 6.25. The van der Waals surface area contributed by atoms with Crippen LogP contribution in [0.2, 0.25) is 5.02 Å². The fraction of sp³-hybridized carbons (Fsp3) is 0.387. The average molecular weight is 655 g/mol. The number of methoxy groups -OCH3 is 1. The zero-order chi connectivity index (χ0) is 32.8. The monoisotopic (exact) mass is 654 g/mol. The number of ether oxygens (including phenoxy) is 3. The van der Waals surface area contributed by atoms with Crippen LogP contribution in [0.1, 0.15) is 47.2 Å². The van der Waals surface area contributed by atoms with Gasteiger partial charge in [-0.05, 0) is 30.7 Å². The lowest BCUT2D eigenvalue weighted by Crippen LogP contribution is -2.34. The summed E-state index contributed by atoms with van der Waals surface area (Å²) in [6.07, 6.45) is 0.666. The van der Waals surface area contributed by atoms with E-state index in [-0.39, 0.29) is 32.7 Å². The van der Waals surface area contributed by atoms with Gasteiger partial charge in [-0.25, -0.2) is 9.48 Å². The number of esters is 1. The van der Waals surface area contributed by atoms with E-state index in [1.165, 1.54) is 17.9 Å². The number of aromatic amines is 1. The molecule has 0 bridgehead atoms. The highest BCUT2D eigenvalue weighted by atomic mass is 35.5. The largest absolute Gasteiger partial charge is 0.489 e. The predicted molar refractivity (Wildman–Crippen MR) is 165 cm³/mol. The van der Waals surface area contributed by atoms with E-state index in [9.17, 15) is 24.6 Å². The van der Waals surface area contributed by atoms with Gasteiger partial charge in [0.25, 0.3) is 5.56 Å². The van der Waals surface area contributed by atoms with Crippen LogP contribution in [-0.2, 0) is 27.4 Å². The molecule has 3 heterocycles. The molecule has 5 rings (SSSR count). The quantitative estimate of drug-likeness (QED) is 0.154. The summed E-state index contributed by atoms with van der Waals surface area (Å²) in [6, 6.07) is 13.9. The minimum atomic E-state index is -1.31. The number of hydrogen-bond donors (Lipinski definition) is 4. The molecule has 0 saturated carbocycles. The molecule has 244 valence electrons. The van der Waals surface area contributed by atoms with Crippen molar-refractivity contribution in [2.75, 3.05) is 20.3 Å². The van der Waals surface area contributed by atoms with Gasteiger partial charge in [-0.1, -0.05) is 47.1 Å². The van der Waals surface area contributed by atoms with Gasteiger partial charge >= 0.3 is 11.7 Å². The van der Waals surface area contributed by atoms with Crippen LogP contribution >= 0.6 is 11.6 Å². The normalized spacial score (nSPS) is 19.1. The first-order chi connectivity index (χ1) is 22.2. The van der Waals surface area contributed by atoms with Crippen LogP contribution in [0.4, 0.5) is 0 Å². The molecule has 1 aliphatic rings. The molecule has 0 radical (unpaired) electrons. The van der Waals surface area contributed by atoms with E-state index < -0.39 is 47.6 Å². The van der Waals surface area contributed by atoms with Crippen molar-refractivity contribution in [2.45, 2.75) is 51.0 Å². The first-order valence-corrected chi connectivity index (χ1v) is 15.0. The van der Waals surface area contributed by atoms with E-state index in [1.807, 2.05) is 30.3 Å². The number of aromatic nitrogens is 5. The van der Waals surface area contributed by atoms with E-state index in [2.05, 4.69) is 20.6 Å². The molecule has 1 fully saturated rings. The Morgan fingerprint density at radius 2 is 2.00 bits per heavy atom. The Balaban J connectivity index is 1.25. The molecule has 0 spiro atoms. The van der Waals surface area contributed by atoms with Gasteiger partial charge in [0.05, 0.1) is 43.7 Å². The van der Waals surface area contributed by atoms with Crippen molar-refractivity contribution >= 4 is 17.6 Å². The predicted octanol–water partition coefficient (Wildman–Crippen LogP) is 1.80. The van der Waals surface area contributed by atoms with Crippen LogP contribution < -0.4 is 21.3 Å². The maximum atomic E-state index is 12.8. The number of aliphatic hydroxyl groups excluding tert-OH is 2. The number of hydrogen-bond acceptors (Lipinski definition) is 11. The van der Waals surface area contributed by atoms with E-state index in [1.54, 1.807) is 36.0 Å². The van der Waals surface area contributed by atoms with E-state index in [4.69, 9.17) is 25.8 Å². The second-order valence-electron chi connectivity index (χ2n) is 10.9. The third-order valence-electron chi connectivity index (χ3n) is 7.82. The molecule has 0 amide bonds. The number of nitrogens with one attached hydrogen (secondary N) is 2. The van der Waals surface area contributed by atoms with Gasteiger partial charge in [-0.3, -0.25) is 19.1 Å². The number of carbonyl (C=O) groups excluding carboxylic acids is 1. The third-order valence-corrected chi connectivity index (χ3v) is 8.06. The highest BCUT2D eigenvalue weighted by molar-refractivity contribution is 6.30. The van der Waals surface area contributed by atoms with Crippen molar-refractivity contribution in [3.8, 4) is 5.75 Å². The molecule has 14 nitrogen and oxygen atoms in total. The Morgan fingerprint density at radius 1 is 1.22 bits per heavy atom. The number of nitrogens with zero attached hydrogens (tertiary/aromatic N) is 4. The number of rotatable bonds is 13. The molecular formula is C31H35ClN6O8. The summed E-state index contributed by atoms with van der Waals surface area (Å²) in [5.41, 5.74) is 1.05. The summed E-state index contributed by atoms with van der Waals surface area (Å²) in [5, 5.41) is 33.2. The van der Waals surface area contributed by atoms with Crippen molar-refractivity contribution < 1.29 is 29.2 Å². The number of halogens is 1. The van der Waals surface area contributed by atoms with Crippen LogP contribution in [0.25, 0.3) is 0 Å². The number of benzene rings is 2. The molecule has 1 saturated heterocycles. The summed E-state index contributed by atoms with van der Waals surface area (Å²) in [6.45, 7) is 1.72. The molecule has 2 aromatic carbocycles. The van der Waals surface area contributed by atoms with Gasteiger partial charge in [0.2, 0.25) is 0 Å². The first-order valence-electron chi connectivity index (χ1n) is 14.6. The summed E-state index contributed by atoms with van der Waals surface area (Å²) in [4.78, 5) is 39.2. The van der Waals surface area contributed by atoms with Gasteiger partial charge in [0.1, 0.15) is 24.7 Å². The standard InChI is InChI=1S/C31H35ClN6O8/c1-18-14-37(31(43)34-29(18)41)27-11-24(26(16-39)46-27)38-15-21(35-36-38)12-33-13-23(30(42)44-2)28(40)22-10-20(32)8-9-25(22)45-17-19-6-4-3-5-7-19/h3-10,14-15,23-24,26-28,33,39-40H,11-13,16-17H2,1-2H3,(H,34,41,43)/t23?,24-,26+,27+,28?/m0/s1. The van der Waals surface area contributed by atoms with Crippen LogP contribution in [0.15, 0.2) is 70.5 Å². The smallest absolute Gasteiger partial charge is 0.330 e. The summed E-state index contributed by atoms with van der Waals surface area (Å²) in [7, 11) is 1.25. The van der Waals surface area contributed by atoms with E-state index in [0.29, 0.717) is 27.6 Å². The van der Waals surface area contributed by atoms with Crippen molar-refractivity contribution in [2.24, 2.45) is 5.92 Å². The molecule has 46 heavy (non-hydrogen) atoms. The second-order valence-corrected chi connectivity index (χ2v) is 11.4. The second kappa shape index (κ2) is 14.8. The summed E-state index contributed by atoms with van der Waals surface area (Å²) in [5.74, 6) is -1.27. The number of aliphatic hydroxyl groups is 2. The topological polar surface area (TPSA) is 183 Å². The maximum absolute atomic E-state index is 12.8. The zero-order valence-corrected chi connectivity index (χ0v) is 26.0. The average Bonchev–Trinajstić information content (AvgIpc) is 3.71. The van der Waals surface area contributed by atoms with Gasteiger partial charge in [0.15, 0.2) is 0 Å². The molecule has 2 aromatic heterocycles. The Bertz CT molecular complexity index is 1760. The van der Waals surface area contributed by atoms with Crippen molar-refractivity contribution in [1.29, 1.82) is 0 Å². The van der Waals surface area contributed by atoms with Gasteiger partial charge in [-0.2, -0.15) is 0 Å². The molecular weight excluding hydrogens is 620 g/mol. The van der Waals surface area contributed by atoms with Crippen LogP contribution in [-0.4, -0.2) is 67.1 Å². The lowest BCUT2D eigenvalue weighted by molar-refractivity contribution is -0.149. The molecule has 2 unspecified atom stereocenters. The lowest BCUT2D eigenvalue weighted by Gasteiger charge is -2.23. The number of H-pyrrole nitrogens is 1. The van der Waals surface area contributed by atoms with Crippen molar-refractivity contribution in [3.63, 3.8) is 0 Å². The van der Waals surface area contributed by atoms with Crippen LogP contribution in [0.5, 0.6) is 5.75 Å². The fourth-order valence-electron chi connectivity index (χ4n) is 5.35. The molecule has 15 heteroatoms. The Hall–Kier alpha value is -4.34. The lowest BCUT2D eigenvalue weighted by atomic mass is 9.94. The van der Waals surface area contributed by atoms with Crippen LogP contribution in [0, 0.1) is 12.8 Å². The molecule has 4 N–H and O–H groups in total. The Kier molecular flexibility index (Phi) is 10.7. The molecule has 0 aliphatic carbocycles. The first kappa shape index (κ1) is 33.0. The minimum absolute atomic E-state index is 0.0215. The minimum Gasteiger partial charge on any atom is -0.489 e. The fourth-order valence-corrected chi connectivity index (χ4v) is 5.53. The van der Waals surface area contributed by atoms with Crippen LogP contribution in [0.3, 0.4) is 0 Å². The Morgan fingerprint density at radius 3 is 2.74 bits per heavy atom. The number of carbonyl (C=O) groups is 1. The summed E-state index contributed by atoms with van der Waals surface area (Å²) < 4.78 is 19.7. The van der Waals surface area contributed by atoms with Gasteiger partial charge in [0, 0.05) is 41.9 Å². The third kappa shape index (κ3) is 7.54. The maximum Gasteiger partial charge on any atom is 0.330 e. The molecule has 1 aliphatic heterocycles. The zero-order valence-electron chi connectivity index (χ0n) is 25.2. The molecule has 4 aromatic rings. The van der Waals surface area contributed by atoms with E-state index >= 15 is 0 Å². The Labute approximate surface area is 268 Å².